The largest absolute Gasteiger partial charge is 3.00 e. The Morgan fingerprint density at radius 3 is 2.10 bits per heavy atom. The van der Waals surface area contributed by atoms with Crippen LogP contribution < -0.4 is 24.8 Å². The Hall–Kier alpha value is -1.53. The van der Waals surface area contributed by atoms with E-state index in [0.717, 1.165) is 6.42 Å². The average Bonchev–Trinajstić information content (AvgIpc) is 3.10. The minimum atomic E-state index is 0. The van der Waals surface area contributed by atoms with Gasteiger partial charge in [0.25, 0.3) is 0 Å². The van der Waals surface area contributed by atoms with E-state index < -0.39 is 0 Å². The van der Waals surface area contributed by atoms with Crippen molar-refractivity contribution in [2.45, 2.75) is 26.2 Å². The number of hydrogen-bond acceptors (Lipinski definition) is 0. The molecule has 0 saturated carbocycles. The van der Waals surface area contributed by atoms with Crippen molar-refractivity contribution in [1.29, 1.82) is 0 Å². The third kappa shape index (κ3) is 4.13. The van der Waals surface area contributed by atoms with Gasteiger partial charge in [-0.2, -0.15) is 0 Å². The summed E-state index contributed by atoms with van der Waals surface area (Å²) in [6.07, 6.45) is 1.15. The molecule has 30 heavy (non-hydrogen) atoms. The van der Waals surface area contributed by atoms with Gasteiger partial charge in [0.05, 0.1) is 0 Å². The predicted molar refractivity (Wildman–Crippen MR) is 119 cm³/mol. The summed E-state index contributed by atoms with van der Waals surface area (Å²) >= 11 is 0. The topological polar surface area (TPSA) is 0 Å². The molecule has 3 heteroatoms. The van der Waals surface area contributed by atoms with Crippen LogP contribution in [0.2, 0.25) is 0 Å². The van der Waals surface area contributed by atoms with Crippen molar-refractivity contribution >= 4 is 32.3 Å². The van der Waals surface area contributed by atoms with E-state index in [2.05, 4.69) is 98.8 Å². The van der Waals surface area contributed by atoms with Crippen molar-refractivity contribution < 1.29 is 51.0 Å². The molecule has 0 bridgehead atoms. The first-order valence-electron chi connectivity index (χ1n) is 9.86. The van der Waals surface area contributed by atoms with E-state index in [1.165, 1.54) is 49.0 Å². The molecule has 0 fully saturated rings. The van der Waals surface area contributed by atoms with Gasteiger partial charge < -0.3 is 24.8 Å². The van der Waals surface area contributed by atoms with E-state index in [9.17, 15) is 0 Å². The maximum absolute atomic E-state index is 2.40. The van der Waals surface area contributed by atoms with E-state index in [0.29, 0.717) is 5.92 Å². The first-order chi connectivity index (χ1) is 13.3. The molecule has 0 aliphatic carbocycles. The van der Waals surface area contributed by atoms with Crippen LogP contribution in [0, 0.1) is 0 Å². The molecule has 0 aliphatic rings. The number of rotatable bonds is 3. The predicted octanol–water partition coefficient (Wildman–Crippen LogP) is 2.05. The number of fused-ring (bicyclic) bond motifs is 3. The molecular formula is C27H23Cl2Zr. The van der Waals surface area contributed by atoms with Gasteiger partial charge in [0, 0.05) is 0 Å². The van der Waals surface area contributed by atoms with Gasteiger partial charge in [0.2, 0.25) is 0 Å². The molecule has 1 atom stereocenters. The van der Waals surface area contributed by atoms with Crippen molar-refractivity contribution in [3.63, 3.8) is 0 Å². The Labute approximate surface area is 210 Å². The minimum absolute atomic E-state index is 0. The summed E-state index contributed by atoms with van der Waals surface area (Å²) in [5.41, 5.74) is 4.25. The minimum Gasteiger partial charge on any atom is -1.00 e. The normalized spacial score (nSPS) is 11.5. The van der Waals surface area contributed by atoms with Crippen LogP contribution in [-0.4, -0.2) is 0 Å². The van der Waals surface area contributed by atoms with Crippen LogP contribution in [0.1, 0.15) is 31.7 Å². The maximum Gasteiger partial charge on any atom is 3.00 e. The molecule has 1 radical (unpaired) electrons. The molecular weight excluding hydrogens is 486 g/mol. The number of benzene rings is 4. The second-order valence-corrected chi connectivity index (χ2v) is 7.60. The van der Waals surface area contributed by atoms with Gasteiger partial charge in [0.15, 0.2) is 0 Å². The maximum atomic E-state index is 2.40. The molecule has 5 aromatic carbocycles. The molecule has 0 aliphatic heterocycles. The second kappa shape index (κ2) is 10.2. The number of halogens is 2. The first kappa shape index (κ1) is 24.7. The fraction of sp³-hybridized carbons (Fsp3) is 0.148. The Morgan fingerprint density at radius 1 is 0.733 bits per heavy atom. The van der Waals surface area contributed by atoms with E-state index in [-0.39, 0.29) is 51.0 Å². The second-order valence-electron chi connectivity index (χ2n) is 7.60. The molecule has 5 aromatic rings. The summed E-state index contributed by atoms with van der Waals surface area (Å²) in [7, 11) is 0. The van der Waals surface area contributed by atoms with Crippen LogP contribution in [0.3, 0.4) is 0 Å². The van der Waals surface area contributed by atoms with E-state index >= 15 is 0 Å². The Morgan fingerprint density at radius 2 is 1.37 bits per heavy atom. The van der Waals surface area contributed by atoms with Crippen molar-refractivity contribution in [2.24, 2.45) is 0 Å². The smallest absolute Gasteiger partial charge is 1.00 e. The standard InChI is InChI=1S/C27H23.2ClH.Zr/c1-3-18(2)25-17-22-11-6-7-13-23(22)27(25)24-14-8-12-21-15-19-9-4-5-10-20(19)16-26(21)24;;;/h4-18H,3H2,1-2H3;2*1H;/q-1;;;+3/p-2. The molecule has 0 saturated heterocycles. The van der Waals surface area contributed by atoms with E-state index in [1.54, 1.807) is 0 Å². The molecule has 0 amide bonds. The van der Waals surface area contributed by atoms with Gasteiger partial charge in [-0.1, -0.05) is 74.4 Å². The zero-order valence-electron chi connectivity index (χ0n) is 17.1. The Bertz CT molecular complexity index is 1290. The molecule has 149 valence electrons. The summed E-state index contributed by atoms with van der Waals surface area (Å²) in [4.78, 5) is 0. The molecule has 0 spiro atoms. The van der Waals surface area contributed by atoms with Crippen molar-refractivity contribution in [2.75, 3.05) is 0 Å². The fourth-order valence-electron chi connectivity index (χ4n) is 4.34. The summed E-state index contributed by atoms with van der Waals surface area (Å²) in [6, 6.07) is 31.3. The number of hydrogen-bond donors (Lipinski definition) is 0. The molecule has 0 aromatic heterocycles. The zero-order chi connectivity index (χ0) is 18.4. The van der Waals surface area contributed by atoms with Crippen LogP contribution >= 0.6 is 0 Å². The van der Waals surface area contributed by atoms with E-state index in [4.69, 9.17) is 0 Å². The summed E-state index contributed by atoms with van der Waals surface area (Å²) in [5.74, 6) is 0.545. The van der Waals surface area contributed by atoms with Crippen LogP contribution in [-0.2, 0) is 26.2 Å². The van der Waals surface area contributed by atoms with Crippen LogP contribution in [0.15, 0.2) is 84.9 Å². The molecule has 0 heterocycles. The van der Waals surface area contributed by atoms with Gasteiger partial charge in [-0.15, -0.1) is 46.2 Å². The zero-order valence-corrected chi connectivity index (χ0v) is 21.1. The fourth-order valence-corrected chi connectivity index (χ4v) is 4.34. The SMILES string of the molecule is CCC(C)c1[cH-]c2ccccc2c1-c1cccc2cc3ccccc3cc12.[Cl-].[Cl-].[Zr+3]. The van der Waals surface area contributed by atoms with Gasteiger partial charge in [-0.25, -0.2) is 0 Å². The van der Waals surface area contributed by atoms with Crippen LogP contribution in [0.25, 0.3) is 43.4 Å². The van der Waals surface area contributed by atoms with Crippen LogP contribution in [0.5, 0.6) is 0 Å². The molecule has 0 nitrogen and oxygen atoms in total. The first-order valence-corrected chi connectivity index (χ1v) is 9.86. The third-order valence-electron chi connectivity index (χ3n) is 5.99. The van der Waals surface area contributed by atoms with E-state index in [1.807, 2.05) is 0 Å². The summed E-state index contributed by atoms with van der Waals surface area (Å²) < 4.78 is 0. The monoisotopic (exact) mass is 507 g/mol. The van der Waals surface area contributed by atoms with Gasteiger partial charge >= 0.3 is 26.2 Å². The van der Waals surface area contributed by atoms with Gasteiger partial charge in [0.1, 0.15) is 0 Å². The summed E-state index contributed by atoms with van der Waals surface area (Å²) in [5, 5.41) is 7.98. The van der Waals surface area contributed by atoms with Gasteiger partial charge in [-0.05, 0) is 39.6 Å². The van der Waals surface area contributed by atoms with Crippen molar-refractivity contribution in [3.8, 4) is 11.1 Å². The average molecular weight is 510 g/mol. The van der Waals surface area contributed by atoms with Crippen LogP contribution in [0.4, 0.5) is 0 Å². The van der Waals surface area contributed by atoms with Crippen molar-refractivity contribution in [3.05, 3.63) is 90.5 Å². The molecule has 5 rings (SSSR count). The Kier molecular flexibility index (Phi) is 8.40. The molecule has 0 N–H and O–H groups in total. The van der Waals surface area contributed by atoms with Gasteiger partial charge in [-0.3, -0.25) is 0 Å². The Balaban J connectivity index is 0.00000107. The molecule has 1 unspecified atom stereocenters. The third-order valence-corrected chi connectivity index (χ3v) is 5.99. The quantitative estimate of drug-likeness (QED) is 0.258. The summed E-state index contributed by atoms with van der Waals surface area (Å²) in [6.45, 7) is 4.63. The van der Waals surface area contributed by atoms with Crippen molar-refractivity contribution in [1.82, 2.24) is 0 Å².